The SMILES string of the molecule is CCC(C)C(C)(CC(C)(CC)CC)C(=O)OCC(C)(C)CCC(F)(F)C(F)(F)C(F)(F)C(F)(F)C(F)(F)C(F)(F)F. The van der Waals surface area contributed by atoms with E-state index in [1.165, 1.54) is 0 Å². The summed E-state index contributed by atoms with van der Waals surface area (Å²) >= 11 is 0. The van der Waals surface area contributed by atoms with Gasteiger partial charge >= 0.3 is 41.8 Å². The highest BCUT2D eigenvalue weighted by Gasteiger charge is 2.90. The molecule has 0 fully saturated rings. The number of carbonyl (C=O) groups excluding carboxylic acids is 1. The Bertz CT molecular complexity index is 877. The fourth-order valence-corrected chi connectivity index (χ4v) is 4.24. The third-order valence-electron chi connectivity index (χ3n) is 8.38. The van der Waals surface area contributed by atoms with E-state index in [0.29, 0.717) is 25.7 Å². The monoisotopic (exact) mass is 630 g/mol. The van der Waals surface area contributed by atoms with Crippen molar-refractivity contribution in [3.63, 3.8) is 0 Å². The molecular weight excluding hydrogens is 591 g/mol. The van der Waals surface area contributed by atoms with Crippen LogP contribution in [0.5, 0.6) is 0 Å². The summed E-state index contributed by atoms with van der Waals surface area (Å²) in [7, 11) is 0. The van der Waals surface area contributed by atoms with Crippen LogP contribution >= 0.6 is 0 Å². The van der Waals surface area contributed by atoms with Crippen LogP contribution in [0.1, 0.15) is 93.9 Å². The molecule has 41 heavy (non-hydrogen) atoms. The molecule has 0 rings (SSSR count). The van der Waals surface area contributed by atoms with Crippen molar-refractivity contribution < 1.29 is 66.6 Å². The molecule has 2 unspecified atom stereocenters. The molecule has 0 spiro atoms. The van der Waals surface area contributed by atoms with E-state index in [0.717, 1.165) is 13.8 Å². The van der Waals surface area contributed by atoms with Crippen LogP contribution in [0.15, 0.2) is 0 Å². The Balaban J connectivity index is 5.91. The maximum atomic E-state index is 14.2. The van der Waals surface area contributed by atoms with Crippen LogP contribution in [0, 0.1) is 22.2 Å². The van der Waals surface area contributed by atoms with Gasteiger partial charge in [-0.05, 0) is 36.5 Å². The topological polar surface area (TPSA) is 26.3 Å². The largest absolute Gasteiger partial charge is 0.465 e. The zero-order chi connectivity index (χ0) is 33.3. The molecular formula is C26H39F13O2. The van der Waals surface area contributed by atoms with Crippen molar-refractivity contribution >= 4 is 5.97 Å². The molecule has 2 atom stereocenters. The van der Waals surface area contributed by atoms with Crippen molar-refractivity contribution in [3.8, 4) is 0 Å². The molecule has 0 aliphatic carbocycles. The van der Waals surface area contributed by atoms with Crippen LogP contribution in [0.2, 0.25) is 0 Å². The number of hydrogen-bond donors (Lipinski definition) is 0. The summed E-state index contributed by atoms with van der Waals surface area (Å²) in [4.78, 5) is 13.2. The second-order valence-electron chi connectivity index (χ2n) is 12.2. The zero-order valence-corrected chi connectivity index (χ0v) is 24.3. The van der Waals surface area contributed by atoms with Gasteiger partial charge in [0.25, 0.3) is 0 Å². The molecule has 0 saturated carbocycles. The highest BCUT2D eigenvalue weighted by molar-refractivity contribution is 5.77. The molecule has 0 radical (unpaired) electrons. The van der Waals surface area contributed by atoms with Gasteiger partial charge in [0.1, 0.15) is 0 Å². The van der Waals surface area contributed by atoms with E-state index in [2.05, 4.69) is 0 Å². The Morgan fingerprint density at radius 1 is 0.659 bits per heavy atom. The van der Waals surface area contributed by atoms with Crippen LogP contribution < -0.4 is 0 Å². The van der Waals surface area contributed by atoms with Gasteiger partial charge < -0.3 is 4.74 Å². The van der Waals surface area contributed by atoms with Crippen molar-refractivity contribution in [3.05, 3.63) is 0 Å². The first-order valence-electron chi connectivity index (χ1n) is 13.0. The van der Waals surface area contributed by atoms with E-state index in [9.17, 15) is 61.9 Å². The number of carbonyl (C=O) groups is 1. The Morgan fingerprint density at radius 2 is 1.07 bits per heavy atom. The summed E-state index contributed by atoms with van der Waals surface area (Å²) in [6, 6.07) is 0. The van der Waals surface area contributed by atoms with Gasteiger partial charge in [0.15, 0.2) is 0 Å². The quantitative estimate of drug-likeness (QED) is 0.125. The lowest BCUT2D eigenvalue weighted by Gasteiger charge is -2.41. The maximum Gasteiger partial charge on any atom is 0.460 e. The molecule has 0 aromatic rings. The van der Waals surface area contributed by atoms with Crippen molar-refractivity contribution in [1.82, 2.24) is 0 Å². The van der Waals surface area contributed by atoms with E-state index in [4.69, 9.17) is 4.74 Å². The molecule has 0 heterocycles. The molecule has 0 aromatic heterocycles. The Hall–Kier alpha value is -1.44. The molecule has 15 heteroatoms. The lowest BCUT2D eigenvalue weighted by Crippen LogP contribution is -2.70. The number of hydrogen-bond acceptors (Lipinski definition) is 2. The number of rotatable bonds is 16. The van der Waals surface area contributed by atoms with E-state index in [1.807, 2.05) is 27.7 Å². The van der Waals surface area contributed by atoms with Crippen LogP contribution in [-0.4, -0.2) is 48.4 Å². The van der Waals surface area contributed by atoms with Crippen LogP contribution in [-0.2, 0) is 9.53 Å². The van der Waals surface area contributed by atoms with Crippen LogP contribution in [0.4, 0.5) is 57.1 Å². The molecule has 0 N–H and O–H groups in total. The average molecular weight is 631 g/mol. The summed E-state index contributed by atoms with van der Waals surface area (Å²) in [6.07, 6.45) is -8.65. The van der Waals surface area contributed by atoms with Crippen molar-refractivity contribution in [2.45, 2.75) is 130 Å². The minimum Gasteiger partial charge on any atom is -0.465 e. The second kappa shape index (κ2) is 12.3. The predicted molar refractivity (Wildman–Crippen MR) is 126 cm³/mol. The number of halogens is 13. The number of ether oxygens (including phenoxy) is 1. The van der Waals surface area contributed by atoms with Gasteiger partial charge in [-0.25, -0.2) is 0 Å². The van der Waals surface area contributed by atoms with E-state index >= 15 is 0 Å². The van der Waals surface area contributed by atoms with E-state index in [-0.39, 0.29) is 11.3 Å². The van der Waals surface area contributed by atoms with Crippen molar-refractivity contribution in [2.24, 2.45) is 22.2 Å². The first-order valence-corrected chi connectivity index (χ1v) is 13.0. The second-order valence-corrected chi connectivity index (χ2v) is 12.2. The van der Waals surface area contributed by atoms with Gasteiger partial charge in [0.05, 0.1) is 12.0 Å². The van der Waals surface area contributed by atoms with Gasteiger partial charge in [-0.3, -0.25) is 4.79 Å². The smallest absolute Gasteiger partial charge is 0.460 e. The molecule has 0 saturated heterocycles. The Morgan fingerprint density at radius 3 is 1.44 bits per heavy atom. The molecule has 2 nitrogen and oxygen atoms in total. The lowest BCUT2D eigenvalue weighted by atomic mass is 9.64. The fourth-order valence-electron chi connectivity index (χ4n) is 4.24. The highest BCUT2D eigenvalue weighted by atomic mass is 19.4. The van der Waals surface area contributed by atoms with Gasteiger partial charge in [-0.1, -0.05) is 67.7 Å². The third kappa shape index (κ3) is 7.56. The predicted octanol–water partition coefficient (Wildman–Crippen LogP) is 10.3. The van der Waals surface area contributed by atoms with Gasteiger partial charge in [-0.15, -0.1) is 0 Å². The summed E-state index contributed by atoms with van der Waals surface area (Å²) in [5.41, 5.74) is -3.01. The highest BCUT2D eigenvalue weighted by Crippen LogP contribution is 2.61. The number of esters is 1. The Kier molecular flexibility index (Phi) is 11.8. The maximum absolute atomic E-state index is 14.2. The molecule has 246 valence electrons. The van der Waals surface area contributed by atoms with Crippen molar-refractivity contribution in [1.29, 1.82) is 0 Å². The van der Waals surface area contributed by atoms with E-state index < -0.39 is 72.0 Å². The summed E-state index contributed by atoms with van der Waals surface area (Å²) in [6.45, 7) is 12.6. The first-order chi connectivity index (χ1) is 17.9. The van der Waals surface area contributed by atoms with Crippen LogP contribution in [0.25, 0.3) is 0 Å². The zero-order valence-electron chi connectivity index (χ0n) is 24.3. The summed E-state index contributed by atoms with van der Waals surface area (Å²) in [5.74, 6) is -38.0. The van der Waals surface area contributed by atoms with Gasteiger partial charge in [0, 0.05) is 6.42 Å². The molecule has 0 aliphatic heterocycles. The summed E-state index contributed by atoms with van der Waals surface area (Å²) < 4.78 is 179. The summed E-state index contributed by atoms with van der Waals surface area (Å²) in [5, 5.41) is 0. The van der Waals surface area contributed by atoms with Gasteiger partial charge in [-0.2, -0.15) is 57.1 Å². The minimum absolute atomic E-state index is 0.225. The average Bonchev–Trinajstić information content (AvgIpc) is 2.84. The molecule has 0 aromatic carbocycles. The minimum atomic E-state index is -7.93. The molecule has 0 bridgehead atoms. The standard InChI is InChI=1S/C26H39F13O2/c1-9-16(4)20(8,14-19(7,10-2)11-3)17(40)41-15-18(5,6)12-13-21(27,28)22(29,30)23(31,32)24(33,34)25(35,36)26(37,38)39/h16H,9-15H2,1-8H3. The fraction of sp³-hybridized carbons (Fsp3) is 0.962. The molecule has 0 aliphatic rings. The lowest BCUT2D eigenvalue weighted by molar-refractivity contribution is -0.440. The third-order valence-corrected chi connectivity index (χ3v) is 8.38. The molecule has 0 amide bonds. The van der Waals surface area contributed by atoms with Crippen molar-refractivity contribution in [2.75, 3.05) is 6.61 Å². The van der Waals surface area contributed by atoms with Crippen LogP contribution in [0.3, 0.4) is 0 Å². The van der Waals surface area contributed by atoms with E-state index in [1.54, 1.807) is 13.8 Å². The Labute approximate surface area is 231 Å². The number of alkyl halides is 13. The normalized spacial score (nSPS) is 17.3. The first kappa shape index (κ1) is 39.6. The van der Waals surface area contributed by atoms with Gasteiger partial charge in [0.2, 0.25) is 0 Å².